The van der Waals surface area contributed by atoms with Gasteiger partial charge in [0, 0.05) is 22.6 Å². The first-order valence-corrected chi connectivity index (χ1v) is 11.0. The number of aromatic amines is 2. The molecule has 1 aromatic carbocycles. The lowest BCUT2D eigenvalue weighted by Gasteiger charge is -2.34. The molecular formula is C23H23N3O4S. The number of benzene rings is 1. The third-order valence-corrected chi connectivity index (χ3v) is 7.30. The molecule has 3 aromatic rings. The predicted molar refractivity (Wildman–Crippen MR) is 119 cm³/mol. The molecule has 2 unspecified atom stereocenters. The number of hydrogen-bond acceptors (Lipinski definition) is 6. The fourth-order valence-electron chi connectivity index (χ4n) is 4.71. The van der Waals surface area contributed by atoms with E-state index in [0.29, 0.717) is 41.3 Å². The highest BCUT2D eigenvalue weighted by atomic mass is 32.1. The maximum absolute atomic E-state index is 13.5. The Morgan fingerprint density at radius 3 is 2.55 bits per heavy atom. The van der Waals surface area contributed by atoms with Crippen molar-refractivity contribution in [3.63, 3.8) is 0 Å². The lowest BCUT2D eigenvalue weighted by molar-refractivity contribution is -0.116. The van der Waals surface area contributed by atoms with Gasteiger partial charge in [-0.15, -0.1) is 11.3 Å². The summed E-state index contributed by atoms with van der Waals surface area (Å²) in [4.78, 5) is 27.1. The van der Waals surface area contributed by atoms with Crippen molar-refractivity contribution in [1.82, 2.24) is 10.2 Å². The molecule has 8 heteroatoms. The summed E-state index contributed by atoms with van der Waals surface area (Å²) >= 11 is 1.58. The molecule has 1 aliphatic heterocycles. The summed E-state index contributed by atoms with van der Waals surface area (Å²) in [5.74, 6) is 1.68. The zero-order valence-corrected chi connectivity index (χ0v) is 18.3. The second-order valence-electron chi connectivity index (χ2n) is 7.93. The van der Waals surface area contributed by atoms with Gasteiger partial charge in [-0.2, -0.15) is 0 Å². The molecule has 31 heavy (non-hydrogen) atoms. The number of carbonyl (C=O) groups excluding carboxylic acids is 1. The molecule has 3 N–H and O–H groups in total. The number of H-pyrrole nitrogens is 2. The number of aryl methyl sites for hydroxylation is 1. The lowest BCUT2D eigenvalue weighted by Crippen LogP contribution is -2.31. The molecule has 2 aliphatic rings. The number of hydrogen-bond donors (Lipinski definition) is 3. The summed E-state index contributed by atoms with van der Waals surface area (Å²) < 4.78 is 10.8. The number of carbonyl (C=O) groups is 1. The summed E-state index contributed by atoms with van der Waals surface area (Å²) in [6.07, 6.45) is 1.05. The Kier molecular flexibility index (Phi) is 4.74. The maximum Gasteiger partial charge on any atom is 0.270 e. The molecule has 1 aliphatic carbocycles. The normalized spacial score (nSPS) is 20.2. The van der Waals surface area contributed by atoms with E-state index in [1.165, 1.54) is 0 Å². The first kappa shape index (κ1) is 19.7. The number of methoxy groups -OCH3 is 2. The molecule has 160 valence electrons. The number of anilines is 1. The third-order valence-electron chi connectivity index (χ3n) is 6.22. The van der Waals surface area contributed by atoms with Crippen LogP contribution in [0.15, 0.2) is 45.7 Å². The van der Waals surface area contributed by atoms with Gasteiger partial charge >= 0.3 is 0 Å². The minimum Gasteiger partial charge on any atom is -0.493 e. The average Bonchev–Trinajstić information content (AvgIpc) is 3.37. The van der Waals surface area contributed by atoms with Crippen molar-refractivity contribution < 1.29 is 14.3 Å². The number of ether oxygens (including phenoxy) is 2. The average molecular weight is 438 g/mol. The fraction of sp³-hybridized carbons (Fsp3) is 0.304. The Bertz CT molecular complexity index is 1270. The van der Waals surface area contributed by atoms with Crippen LogP contribution in [0.3, 0.4) is 0 Å². The largest absolute Gasteiger partial charge is 0.493 e. The SMILES string of the molecule is COc1ccc(C2CC(=O)C3=C(C2)Nc2[nH][nH]c(=O)c2C3c2sccc2C)cc1OC. The smallest absolute Gasteiger partial charge is 0.270 e. The van der Waals surface area contributed by atoms with Gasteiger partial charge in [-0.3, -0.25) is 19.8 Å². The number of ketones is 1. The summed E-state index contributed by atoms with van der Waals surface area (Å²) in [5.41, 5.74) is 4.09. The third kappa shape index (κ3) is 3.09. The van der Waals surface area contributed by atoms with Crippen LogP contribution in [-0.2, 0) is 4.79 Å². The lowest BCUT2D eigenvalue weighted by atomic mass is 9.74. The zero-order chi connectivity index (χ0) is 21.7. The molecule has 0 fully saturated rings. The van der Waals surface area contributed by atoms with Gasteiger partial charge in [-0.05, 0) is 54.0 Å². The van der Waals surface area contributed by atoms with E-state index in [4.69, 9.17) is 9.47 Å². The fourth-order valence-corrected chi connectivity index (χ4v) is 5.75. The monoisotopic (exact) mass is 437 g/mol. The van der Waals surface area contributed by atoms with Crippen molar-refractivity contribution in [2.45, 2.75) is 31.6 Å². The summed E-state index contributed by atoms with van der Waals surface area (Å²) in [6.45, 7) is 2.02. The number of thiophene rings is 1. The van der Waals surface area contributed by atoms with Gasteiger partial charge < -0.3 is 14.8 Å². The molecule has 0 spiro atoms. The molecule has 0 amide bonds. The first-order chi connectivity index (χ1) is 15.0. The Morgan fingerprint density at radius 1 is 1.03 bits per heavy atom. The molecule has 2 atom stereocenters. The second-order valence-corrected chi connectivity index (χ2v) is 8.88. The van der Waals surface area contributed by atoms with Crippen LogP contribution in [0.2, 0.25) is 0 Å². The molecule has 5 rings (SSSR count). The Balaban J connectivity index is 1.59. The maximum atomic E-state index is 13.5. The molecular weight excluding hydrogens is 414 g/mol. The minimum atomic E-state index is -0.347. The Hall–Kier alpha value is -3.26. The van der Waals surface area contributed by atoms with Gasteiger partial charge in [0.15, 0.2) is 17.3 Å². The highest BCUT2D eigenvalue weighted by Gasteiger charge is 2.41. The molecule has 0 radical (unpaired) electrons. The molecule has 0 bridgehead atoms. The number of Topliss-reactive ketones (excluding diaryl/α,β-unsaturated/α-hetero) is 1. The summed E-state index contributed by atoms with van der Waals surface area (Å²) in [7, 11) is 3.21. The first-order valence-electron chi connectivity index (χ1n) is 10.1. The number of allylic oxidation sites excluding steroid dienone is 2. The summed E-state index contributed by atoms with van der Waals surface area (Å²) in [5, 5.41) is 11.0. The van der Waals surface area contributed by atoms with Gasteiger partial charge in [0.25, 0.3) is 5.56 Å². The van der Waals surface area contributed by atoms with Gasteiger partial charge in [0.1, 0.15) is 5.82 Å². The van der Waals surface area contributed by atoms with Crippen LogP contribution in [0.4, 0.5) is 5.82 Å². The topological polar surface area (TPSA) is 96.2 Å². The van der Waals surface area contributed by atoms with Crippen molar-refractivity contribution >= 4 is 22.9 Å². The van der Waals surface area contributed by atoms with Crippen molar-refractivity contribution in [2.75, 3.05) is 19.5 Å². The van der Waals surface area contributed by atoms with Crippen molar-refractivity contribution in [3.05, 3.63) is 72.8 Å². The highest BCUT2D eigenvalue weighted by molar-refractivity contribution is 7.10. The molecule has 2 aromatic heterocycles. The minimum absolute atomic E-state index is 0.0100. The van der Waals surface area contributed by atoms with Crippen LogP contribution in [0.25, 0.3) is 0 Å². The van der Waals surface area contributed by atoms with Crippen LogP contribution in [0.1, 0.15) is 46.2 Å². The molecule has 0 saturated carbocycles. The van der Waals surface area contributed by atoms with Crippen molar-refractivity contribution in [3.8, 4) is 11.5 Å². The standard InChI is InChI=1S/C23H23N3O4S/c1-11-6-7-31-21(11)19-18-14(24-22-20(19)23(28)26-25-22)8-13(9-15(18)27)12-4-5-16(29-2)17(10-12)30-3/h4-7,10,13,19H,8-9H2,1-3H3,(H3,24,25,26,28). The van der Waals surface area contributed by atoms with E-state index in [1.54, 1.807) is 25.6 Å². The number of rotatable bonds is 4. The number of nitrogens with one attached hydrogen (secondary N) is 3. The quantitative estimate of drug-likeness (QED) is 0.572. The van der Waals surface area contributed by atoms with Crippen molar-refractivity contribution in [2.24, 2.45) is 0 Å². The van der Waals surface area contributed by atoms with Gasteiger partial charge in [0.2, 0.25) is 0 Å². The molecule has 3 heterocycles. The Morgan fingerprint density at radius 2 is 1.84 bits per heavy atom. The van der Waals surface area contributed by atoms with E-state index >= 15 is 0 Å². The highest BCUT2D eigenvalue weighted by Crippen LogP contribution is 2.48. The van der Waals surface area contributed by atoms with E-state index < -0.39 is 0 Å². The van der Waals surface area contributed by atoms with E-state index in [0.717, 1.165) is 21.7 Å². The van der Waals surface area contributed by atoms with Gasteiger partial charge in [0.05, 0.1) is 25.7 Å². The van der Waals surface area contributed by atoms with Crippen LogP contribution < -0.4 is 20.3 Å². The summed E-state index contributed by atoms with van der Waals surface area (Å²) in [6, 6.07) is 7.83. The van der Waals surface area contributed by atoms with Crippen LogP contribution >= 0.6 is 11.3 Å². The van der Waals surface area contributed by atoms with E-state index in [-0.39, 0.29) is 23.2 Å². The molecule has 7 nitrogen and oxygen atoms in total. The van der Waals surface area contributed by atoms with Crippen LogP contribution in [-0.4, -0.2) is 30.2 Å². The van der Waals surface area contributed by atoms with E-state index in [1.807, 2.05) is 36.6 Å². The predicted octanol–water partition coefficient (Wildman–Crippen LogP) is 4.05. The van der Waals surface area contributed by atoms with Crippen LogP contribution in [0.5, 0.6) is 11.5 Å². The second kappa shape index (κ2) is 7.46. The van der Waals surface area contributed by atoms with Crippen LogP contribution in [0, 0.1) is 6.92 Å². The Labute approximate surface area is 183 Å². The zero-order valence-electron chi connectivity index (χ0n) is 17.5. The molecule has 0 saturated heterocycles. The number of fused-ring (bicyclic) bond motifs is 1. The number of aromatic nitrogens is 2. The van der Waals surface area contributed by atoms with E-state index in [9.17, 15) is 9.59 Å². The van der Waals surface area contributed by atoms with Crippen molar-refractivity contribution in [1.29, 1.82) is 0 Å². The van der Waals surface area contributed by atoms with Gasteiger partial charge in [-0.1, -0.05) is 6.07 Å². The van der Waals surface area contributed by atoms with Gasteiger partial charge in [-0.25, -0.2) is 0 Å². The van der Waals surface area contributed by atoms with E-state index in [2.05, 4.69) is 15.5 Å².